The molecule has 63 valence electrons. The summed E-state index contributed by atoms with van der Waals surface area (Å²) < 4.78 is 0. The average molecular weight is 164 g/mol. The van der Waals surface area contributed by atoms with Gasteiger partial charge in [-0.1, -0.05) is 0 Å². The number of rotatable bonds is 4. The van der Waals surface area contributed by atoms with Crippen molar-refractivity contribution in [1.29, 1.82) is 0 Å². The van der Waals surface area contributed by atoms with Crippen molar-refractivity contribution >= 4 is 17.9 Å². The highest BCUT2D eigenvalue weighted by atomic mass is 16.1. The minimum atomic E-state index is 0.541. The number of pyridine rings is 1. The third kappa shape index (κ3) is 2.23. The molecule has 4 heteroatoms. The molecule has 12 heavy (non-hydrogen) atoms. The van der Waals surface area contributed by atoms with Gasteiger partial charge in [-0.05, 0) is 19.1 Å². The second-order valence-corrected chi connectivity index (χ2v) is 2.12. The lowest BCUT2D eigenvalue weighted by Gasteiger charge is -2.02. The van der Waals surface area contributed by atoms with Crippen LogP contribution < -0.4 is 10.6 Å². The predicted molar refractivity (Wildman–Crippen MR) is 47.8 cm³/mol. The average Bonchev–Trinajstić information content (AvgIpc) is 2.09. The maximum atomic E-state index is 10.0. The van der Waals surface area contributed by atoms with Crippen LogP contribution in [0.3, 0.4) is 0 Å². The molecule has 0 bridgehead atoms. The van der Waals surface area contributed by atoms with Crippen molar-refractivity contribution < 1.29 is 4.79 Å². The molecule has 0 saturated heterocycles. The van der Waals surface area contributed by atoms with E-state index in [9.17, 15) is 4.79 Å². The van der Waals surface area contributed by atoms with Crippen LogP contribution in [0.15, 0.2) is 18.3 Å². The molecule has 0 spiro atoms. The van der Waals surface area contributed by atoms with Gasteiger partial charge in [-0.3, -0.25) is 4.79 Å². The van der Waals surface area contributed by atoms with Gasteiger partial charge in [0.15, 0.2) is 0 Å². The zero-order valence-corrected chi connectivity index (χ0v) is 6.58. The quantitative estimate of drug-likeness (QED) is 0.650. The van der Waals surface area contributed by atoms with E-state index in [0.29, 0.717) is 18.8 Å². The lowest BCUT2D eigenvalue weighted by Crippen LogP contribution is -1.99. The summed E-state index contributed by atoms with van der Waals surface area (Å²) in [5, 5.41) is 5.43. The largest absolute Gasteiger partial charge is 0.384 e. The van der Waals surface area contributed by atoms with Gasteiger partial charge in [-0.25, -0.2) is 4.98 Å². The molecule has 0 aliphatic rings. The van der Waals surface area contributed by atoms with E-state index in [1.807, 2.05) is 6.07 Å². The van der Waals surface area contributed by atoms with E-state index in [1.54, 1.807) is 12.3 Å². The molecule has 1 rings (SSSR count). The SMILES string of the molecule is [CH2]CNc1ccc(NC=O)nc1. The molecule has 1 radical (unpaired) electrons. The number of hydrogen-bond acceptors (Lipinski definition) is 3. The van der Waals surface area contributed by atoms with E-state index < -0.39 is 0 Å². The Morgan fingerprint density at radius 2 is 2.42 bits per heavy atom. The third-order valence-corrected chi connectivity index (χ3v) is 1.30. The smallest absolute Gasteiger partial charge is 0.212 e. The van der Waals surface area contributed by atoms with Crippen molar-refractivity contribution in [2.24, 2.45) is 0 Å². The van der Waals surface area contributed by atoms with Gasteiger partial charge in [-0.15, -0.1) is 0 Å². The molecule has 2 N–H and O–H groups in total. The first-order chi connectivity index (χ1) is 5.86. The normalized spacial score (nSPS) is 9.08. The Bertz CT molecular complexity index is 245. The first-order valence-electron chi connectivity index (χ1n) is 3.56. The minimum absolute atomic E-state index is 0.541. The Morgan fingerprint density at radius 1 is 1.58 bits per heavy atom. The minimum Gasteiger partial charge on any atom is -0.384 e. The first kappa shape index (κ1) is 8.52. The van der Waals surface area contributed by atoms with E-state index in [2.05, 4.69) is 22.5 Å². The molecular formula is C8H10N3O. The van der Waals surface area contributed by atoms with Crippen molar-refractivity contribution in [3.05, 3.63) is 25.3 Å². The van der Waals surface area contributed by atoms with Crippen molar-refractivity contribution in [3.63, 3.8) is 0 Å². The zero-order valence-electron chi connectivity index (χ0n) is 6.58. The molecule has 0 unspecified atom stereocenters. The zero-order chi connectivity index (χ0) is 8.81. The van der Waals surface area contributed by atoms with E-state index >= 15 is 0 Å². The van der Waals surface area contributed by atoms with Gasteiger partial charge in [0.1, 0.15) is 5.82 Å². The van der Waals surface area contributed by atoms with Crippen LogP contribution in [0.4, 0.5) is 11.5 Å². The van der Waals surface area contributed by atoms with Crippen molar-refractivity contribution in [2.45, 2.75) is 0 Å². The highest BCUT2D eigenvalue weighted by Gasteiger charge is 1.91. The number of carbonyl (C=O) groups is 1. The van der Waals surface area contributed by atoms with Crippen LogP contribution in [0.1, 0.15) is 0 Å². The van der Waals surface area contributed by atoms with Gasteiger partial charge < -0.3 is 10.6 Å². The van der Waals surface area contributed by atoms with Crippen molar-refractivity contribution in [1.82, 2.24) is 4.98 Å². The lowest BCUT2D eigenvalue weighted by molar-refractivity contribution is -0.105. The van der Waals surface area contributed by atoms with Crippen LogP contribution in [0.2, 0.25) is 0 Å². The number of nitrogens with zero attached hydrogens (tertiary/aromatic N) is 1. The maximum Gasteiger partial charge on any atom is 0.212 e. The van der Waals surface area contributed by atoms with E-state index in [4.69, 9.17) is 0 Å². The summed E-state index contributed by atoms with van der Waals surface area (Å²) in [7, 11) is 0. The predicted octanol–water partition coefficient (Wildman–Crippen LogP) is 0.896. The van der Waals surface area contributed by atoms with Gasteiger partial charge in [0, 0.05) is 6.54 Å². The number of aromatic nitrogens is 1. The highest BCUT2D eigenvalue weighted by molar-refractivity contribution is 5.69. The number of anilines is 2. The molecule has 0 saturated carbocycles. The van der Waals surface area contributed by atoms with Crippen molar-refractivity contribution in [2.75, 3.05) is 17.2 Å². The molecule has 0 atom stereocenters. The van der Waals surface area contributed by atoms with Crippen LogP contribution in [0.5, 0.6) is 0 Å². The summed E-state index contributed by atoms with van der Waals surface area (Å²) in [6.07, 6.45) is 2.23. The van der Waals surface area contributed by atoms with Crippen LogP contribution in [-0.2, 0) is 4.79 Å². The first-order valence-corrected chi connectivity index (χ1v) is 3.56. The van der Waals surface area contributed by atoms with Crippen LogP contribution >= 0.6 is 0 Å². The highest BCUT2D eigenvalue weighted by Crippen LogP contribution is 2.07. The second kappa shape index (κ2) is 4.33. The molecule has 0 fully saturated rings. The topological polar surface area (TPSA) is 54.0 Å². The van der Waals surface area contributed by atoms with E-state index in [0.717, 1.165) is 5.69 Å². The summed E-state index contributed by atoms with van der Waals surface area (Å²) in [6.45, 7) is 4.24. The number of nitrogens with one attached hydrogen (secondary N) is 2. The summed E-state index contributed by atoms with van der Waals surface area (Å²) in [5.74, 6) is 0.541. The van der Waals surface area contributed by atoms with Gasteiger partial charge in [0.05, 0.1) is 11.9 Å². The standard InChI is InChI=1S/C8H10N3O/c1-2-9-7-3-4-8(10-5-7)11-6-12/h3-6,9H,1-2H2,(H,10,11,12). The molecule has 1 amide bonds. The monoisotopic (exact) mass is 164 g/mol. The van der Waals surface area contributed by atoms with Crippen LogP contribution in [0, 0.1) is 6.92 Å². The van der Waals surface area contributed by atoms with Crippen LogP contribution in [0.25, 0.3) is 0 Å². The molecule has 0 aliphatic carbocycles. The second-order valence-electron chi connectivity index (χ2n) is 2.12. The fourth-order valence-corrected chi connectivity index (χ4v) is 0.789. The fourth-order valence-electron chi connectivity index (χ4n) is 0.789. The molecule has 4 nitrogen and oxygen atoms in total. The summed E-state index contributed by atoms with van der Waals surface area (Å²) in [5.41, 5.74) is 0.890. The Kier molecular flexibility index (Phi) is 3.07. The third-order valence-electron chi connectivity index (χ3n) is 1.30. The Labute approximate surface area is 71.0 Å². The lowest BCUT2D eigenvalue weighted by atomic mass is 10.4. The number of carbonyl (C=O) groups excluding carboxylic acids is 1. The van der Waals surface area contributed by atoms with Crippen molar-refractivity contribution in [3.8, 4) is 0 Å². The summed E-state index contributed by atoms with van der Waals surface area (Å²) in [4.78, 5) is 14.0. The molecule has 0 aliphatic heterocycles. The fraction of sp³-hybridized carbons (Fsp3) is 0.125. The Hall–Kier alpha value is -1.58. The molecular weight excluding hydrogens is 154 g/mol. The van der Waals surface area contributed by atoms with Gasteiger partial charge in [0.25, 0.3) is 0 Å². The number of amides is 1. The molecule has 1 aromatic rings. The molecule has 1 heterocycles. The van der Waals surface area contributed by atoms with E-state index in [-0.39, 0.29) is 0 Å². The van der Waals surface area contributed by atoms with Crippen LogP contribution in [-0.4, -0.2) is 17.9 Å². The number of hydrogen-bond donors (Lipinski definition) is 2. The summed E-state index contributed by atoms with van der Waals surface area (Å²) >= 11 is 0. The Morgan fingerprint density at radius 3 is 2.92 bits per heavy atom. The summed E-state index contributed by atoms with van der Waals surface area (Å²) in [6, 6.07) is 3.54. The van der Waals surface area contributed by atoms with Gasteiger partial charge in [-0.2, -0.15) is 0 Å². The Balaban J connectivity index is 2.64. The van der Waals surface area contributed by atoms with Gasteiger partial charge >= 0.3 is 0 Å². The maximum absolute atomic E-state index is 10.0. The van der Waals surface area contributed by atoms with Gasteiger partial charge in [0.2, 0.25) is 6.41 Å². The van der Waals surface area contributed by atoms with E-state index in [1.165, 1.54) is 0 Å². The molecule has 1 aromatic heterocycles. The molecule has 0 aromatic carbocycles.